The Morgan fingerprint density at radius 3 is 2.38 bits per heavy atom. The molecule has 1 saturated heterocycles. The van der Waals surface area contributed by atoms with Crippen LogP contribution in [0.4, 0.5) is 5.00 Å². The molecule has 1 unspecified atom stereocenters. The molecule has 1 aliphatic heterocycles. The van der Waals surface area contributed by atoms with Gasteiger partial charge in [-0.25, -0.2) is 22.3 Å². The normalized spacial score (nSPS) is 17.6. The fraction of sp³-hybridized carbons (Fsp3) is 0.611. The lowest BCUT2D eigenvalue weighted by atomic mass is 9.99. The summed E-state index contributed by atoms with van der Waals surface area (Å²) in [5, 5.41) is 2.90. The van der Waals surface area contributed by atoms with E-state index in [4.69, 9.17) is 9.47 Å². The molecule has 162 valence electrons. The highest BCUT2D eigenvalue weighted by molar-refractivity contribution is 7.88. The van der Waals surface area contributed by atoms with Crippen molar-refractivity contribution in [2.45, 2.75) is 33.6 Å². The summed E-state index contributed by atoms with van der Waals surface area (Å²) >= 11 is 0.948. The van der Waals surface area contributed by atoms with Gasteiger partial charge in [0.1, 0.15) is 9.88 Å². The molecule has 1 N–H and O–H groups in total. The second-order valence-electron chi connectivity index (χ2n) is 6.65. The topological polar surface area (TPSA) is 119 Å². The Labute approximate surface area is 174 Å². The van der Waals surface area contributed by atoms with Crippen molar-refractivity contribution in [3.05, 3.63) is 16.0 Å². The average Bonchev–Trinajstić information content (AvgIpc) is 2.97. The van der Waals surface area contributed by atoms with E-state index in [1.807, 2.05) is 0 Å². The molecule has 1 aromatic rings. The molecule has 0 bridgehead atoms. The standard InChI is InChI=1S/C18H26N2O7S2/c1-5-26-17(22)13-11(3)14(18(23)27-6-2)28-16(13)19-15(21)12-8-7-9-20(10-12)29(4,24)25/h12H,5-10H2,1-4H3,(H,19,21). The third-order valence-electron chi connectivity index (χ3n) is 4.55. The lowest BCUT2D eigenvalue weighted by Gasteiger charge is -2.30. The highest BCUT2D eigenvalue weighted by atomic mass is 32.2. The number of rotatable bonds is 7. The molecule has 11 heteroatoms. The molecule has 0 spiro atoms. The van der Waals surface area contributed by atoms with Crippen LogP contribution in [0.15, 0.2) is 0 Å². The fourth-order valence-corrected chi connectivity index (χ4v) is 5.12. The van der Waals surface area contributed by atoms with Crippen LogP contribution in [0, 0.1) is 12.8 Å². The number of thiophene rings is 1. The van der Waals surface area contributed by atoms with Crippen molar-refractivity contribution < 1.29 is 32.3 Å². The maximum Gasteiger partial charge on any atom is 0.348 e. The number of sulfonamides is 1. The van der Waals surface area contributed by atoms with Crippen LogP contribution in [0.5, 0.6) is 0 Å². The molecule has 1 aromatic heterocycles. The Morgan fingerprint density at radius 1 is 1.17 bits per heavy atom. The minimum Gasteiger partial charge on any atom is -0.462 e. The maximum atomic E-state index is 12.8. The van der Waals surface area contributed by atoms with Gasteiger partial charge in [0.05, 0.1) is 31.0 Å². The SMILES string of the molecule is CCOC(=O)c1sc(NC(=O)C2CCCN(S(C)(=O)=O)C2)c(C(=O)OCC)c1C. The van der Waals surface area contributed by atoms with E-state index in [1.165, 1.54) is 4.31 Å². The molecule has 1 amide bonds. The first-order valence-corrected chi connectivity index (χ1v) is 12.0. The first-order chi connectivity index (χ1) is 13.6. The summed E-state index contributed by atoms with van der Waals surface area (Å²) in [5.74, 6) is -2.18. The van der Waals surface area contributed by atoms with E-state index in [-0.39, 0.29) is 35.2 Å². The van der Waals surface area contributed by atoms with Crippen molar-refractivity contribution in [2.75, 3.05) is 37.9 Å². The van der Waals surface area contributed by atoms with Gasteiger partial charge in [-0.3, -0.25) is 4.79 Å². The van der Waals surface area contributed by atoms with Crippen molar-refractivity contribution in [1.29, 1.82) is 0 Å². The molecule has 0 radical (unpaired) electrons. The summed E-state index contributed by atoms with van der Waals surface area (Å²) in [6.07, 6.45) is 2.20. The first-order valence-electron chi connectivity index (χ1n) is 9.33. The predicted octanol–water partition coefficient (Wildman–Crippen LogP) is 2.02. The Kier molecular flexibility index (Phi) is 7.78. The van der Waals surface area contributed by atoms with E-state index in [2.05, 4.69) is 5.32 Å². The average molecular weight is 447 g/mol. The molecule has 1 atom stereocenters. The zero-order valence-electron chi connectivity index (χ0n) is 16.9. The minimum atomic E-state index is -3.39. The van der Waals surface area contributed by atoms with Crippen LogP contribution in [0.1, 0.15) is 52.3 Å². The van der Waals surface area contributed by atoms with Gasteiger partial charge >= 0.3 is 11.9 Å². The fourth-order valence-electron chi connectivity index (χ4n) is 3.11. The van der Waals surface area contributed by atoms with Gasteiger partial charge in [0.15, 0.2) is 0 Å². The Morgan fingerprint density at radius 2 is 1.79 bits per heavy atom. The zero-order chi connectivity index (χ0) is 21.8. The number of amides is 1. The lowest BCUT2D eigenvalue weighted by Crippen LogP contribution is -2.43. The van der Waals surface area contributed by atoms with E-state index in [0.717, 1.165) is 17.6 Å². The molecular weight excluding hydrogens is 420 g/mol. The van der Waals surface area contributed by atoms with Gasteiger partial charge in [0.25, 0.3) is 0 Å². The largest absolute Gasteiger partial charge is 0.462 e. The summed E-state index contributed by atoms with van der Waals surface area (Å²) in [7, 11) is -3.39. The van der Waals surface area contributed by atoms with Gasteiger partial charge < -0.3 is 14.8 Å². The number of nitrogens with one attached hydrogen (secondary N) is 1. The predicted molar refractivity (Wildman–Crippen MR) is 109 cm³/mol. The molecule has 9 nitrogen and oxygen atoms in total. The van der Waals surface area contributed by atoms with Gasteiger partial charge in [0.2, 0.25) is 15.9 Å². The van der Waals surface area contributed by atoms with E-state index in [0.29, 0.717) is 24.9 Å². The van der Waals surface area contributed by atoms with Crippen LogP contribution in [0.3, 0.4) is 0 Å². The highest BCUT2D eigenvalue weighted by Gasteiger charge is 2.32. The number of hydrogen-bond donors (Lipinski definition) is 1. The monoisotopic (exact) mass is 446 g/mol. The zero-order valence-corrected chi connectivity index (χ0v) is 18.6. The second kappa shape index (κ2) is 9.68. The highest BCUT2D eigenvalue weighted by Crippen LogP contribution is 2.35. The van der Waals surface area contributed by atoms with Crippen LogP contribution >= 0.6 is 11.3 Å². The third kappa shape index (κ3) is 5.55. The number of esters is 2. The third-order valence-corrected chi connectivity index (χ3v) is 7.00. The van der Waals surface area contributed by atoms with E-state index < -0.39 is 33.8 Å². The first kappa shape index (κ1) is 23.3. The van der Waals surface area contributed by atoms with Gasteiger partial charge in [0, 0.05) is 13.1 Å². The van der Waals surface area contributed by atoms with Crippen molar-refractivity contribution >= 4 is 44.2 Å². The molecule has 0 aromatic carbocycles. The Bertz CT molecular complexity index is 892. The summed E-state index contributed by atoms with van der Waals surface area (Å²) in [6, 6.07) is 0. The van der Waals surface area contributed by atoms with Gasteiger partial charge in [-0.2, -0.15) is 0 Å². The molecule has 1 aliphatic rings. The number of hydrogen-bond acceptors (Lipinski definition) is 8. The molecule has 2 rings (SSSR count). The molecule has 29 heavy (non-hydrogen) atoms. The Hall–Kier alpha value is -1.98. The van der Waals surface area contributed by atoms with Crippen molar-refractivity contribution in [1.82, 2.24) is 4.31 Å². The van der Waals surface area contributed by atoms with Crippen molar-refractivity contribution in [3.63, 3.8) is 0 Å². The second-order valence-corrected chi connectivity index (χ2v) is 9.65. The van der Waals surface area contributed by atoms with E-state index in [1.54, 1.807) is 20.8 Å². The summed E-state index contributed by atoms with van der Waals surface area (Å²) < 4.78 is 35.0. The maximum absolute atomic E-state index is 12.8. The Balaban J connectivity index is 2.30. The molecule has 2 heterocycles. The number of ether oxygens (including phenoxy) is 2. The number of nitrogens with zero attached hydrogens (tertiary/aromatic N) is 1. The number of carbonyl (C=O) groups excluding carboxylic acids is 3. The molecule has 0 saturated carbocycles. The van der Waals surface area contributed by atoms with Crippen LogP contribution in [-0.4, -0.2) is 63.1 Å². The number of piperidine rings is 1. The molecule has 0 aliphatic carbocycles. The number of anilines is 1. The van der Waals surface area contributed by atoms with Gasteiger partial charge in [-0.1, -0.05) is 0 Å². The smallest absolute Gasteiger partial charge is 0.348 e. The quantitative estimate of drug-likeness (QED) is 0.636. The van der Waals surface area contributed by atoms with Crippen LogP contribution in [-0.2, 0) is 24.3 Å². The van der Waals surface area contributed by atoms with Crippen molar-refractivity contribution in [3.8, 4) is 0 Å². The van der Waals surface area contributed by atoms with E-state index in [9.17, 15) is 22.8 Å². The summed E-state index contributed by atoms with van der Waals surface area (Å²) in [4.78, 5) is 37.6. The number of carbonyl (C=O) groups is 3. The van der Waals surface area contributed by atoms with Crippen LogP contribution < -0.4 is 5.32 Å². The van der Waals surface area contributed by atoms with Crippen LogP contribution in [0.2, 0.25) is 0 Å². The summed E-state index contributed by atoms with van der Waals surface area (Å²) in [5.41, 5.74) is 0.493. The lowest BCUT2D eigenvalue weighted by molar-refractivity contribution is -0.120. The molecule has 1 fully saturated rings. The summed E-state index contributed by atoms with van der Waals surface area (Å²) in [6.45, 7) is 5.70. The van der Waals surface area contributed by atoms with Crippen LogP contribution in [0.25, 0.3) is 0 Å². The molecular formula is C18H26N2O7S2. The minimum absolute atomic E-state index is 0.0779. The van der Waals surface area contributed by atoms with Gasteiger partial charge in [-0.05, 0) is 39.2 Å². The van der Waals surface area contributed by atoms with E-state index >= 15 is 0 Å². The van der Waals surface area contributed by atoms with Gasteiger partial charge in [-0.15, -0.1) is 11.3 Å². The van der Waals surface area contributed by atoms with Crippen molar-refractivity contribution in [2.24, 2.45) is 5.92 Å².